The lowest BCUT2D eigenvalue weighted by Crippen LogP contribution is -2.51. The smallest absolute Gasteiger partial charge is 0.251 e. The van der Waals surface area contributed by atoms with E-state index in [-0.39, 0.29) is 18.4 Å². The van der Waals surface area contributed by atoms with Gasteiger partial charge in [-0.25, -0.2) is 0 Å². The molecule has 1 saturated heterocycles. The number of nitrogens with one attached hydrogen (secondary N) is 1. The third-order valence-corrected chi connectivity index (χ3v) is 4.76. The fraction of sp³-hybridized carbons (Fsp3) is 0.333. The fourth-order valence-corrected chi connectivity index (χ4v) is 3.10. The molecule has 0 saturated carbocycles. The van der Waals surface area contributed by atoms with Gasteiger partial charge in [0.1, 0.15) is 5.75 Å². The maximum Gasteiger partial charge on any atom is 0.251 e. The Morgan fingerprint density at radius 2 is 1.74 bits per heavy atom. The lowest BCUT2D eigenvalue weighted by atomic mass is 10.1. The lowest BCUT2D eigenvalue weighted by Gasteiger charge is -2.36. The average molecular weight is 367 g/mol. The normalized spacial score (nSPS) is 14.0. The molecule has 6 heteroatoms. The molecule has 2 aromatic rings. The van der Waals surface area contributed by atoms with Crippen LogP contribution in [0.1, 0.15) is 15.9 Å². The predicted octanol–water partition coefficient (Wildman–Crippen LogP) is 2.08. The Labute approximate surface area is 159 Å². The summed E-state index contributed by atoms with van der Waals surface area (Å²) >= 11 is 0. The Bertz CT molecular complexity index is 797. The SMILES string of the molecule is COc1cccc(N2CCN(C(=O)CNC(=O)c3ccc(C)cc3)CC2)c1. The molecule has 0 aliphatic carbocycles. The summed E-state index contributed by atoms with van der Waals surface area (Å²) in [6.07, 6.45) is 0. The van der Waals surface area contributed by atoms with Crippen LogP contribution < -0.4 is 15.0 Å². The van der Waals surface area contributed by atoms with Gasteiger partial charge in [0.25, 0.3) is 5.91 Å². The van der Waals surface area contributed by atoms with Gasteiger partial charge in [0, 0.05) is 43.5 Å². The van der Waals surface area contributed by atoms with Gasteiger partial charge in [-0.05, 0) is 31.2 Å². The van der Waals surface area contributed by atoms with Crippen molar-refractivity contribution in [2.75, 3.05) is 44.7 Å². The number of piperazine rings is 1. The zero-order valence-electron chi connectivity index (χ0n) is 15.8. The summed E-state index contributed by atoms with van der Waals surface area (Å²) in [6.45, 7) is 4.77. The highest BCUT2D eigenvalue weighted by Crippen LogP contribution is 2.22. The maximum absolute atomic E-state index is 12.4. The number of carbonyl (C=O) groups excluding carboxylic acids is 2. The molecule has 1 heterocycles. The van der Waals surface area contributed by atoms with E-state index in [1.807, 2.05) is 43.3 Å². The summed E-state index contributed by atoms with van der Waals surface area (Å²) in [5.74, 6) is 0.545. The van der Waals surface area contributed by atoms with Crippen molar-refractivity contribution in [3.05, 3.63) is 59.7 Å². The van der Waals surface area contributed by atoms with Gasteiger partial charge >= 0.3 is 0 Å². The summed E-state index contributed by atoms with van der Waals surface area (Å²) in [5, 5.41) is 2.71. The largest absolute Gasteiger partial charge is 0.497 e. The Balaban J connectivity index is 1.48. The third kappa shape index (κ3) is 4.78. The van der Waals surface area contributed by atoms with Crippen LogP contribution in [-0.4, -0.2) is 56.5 Å². The fourth-order valence-electron chi connectivity index (χ4n) is 3.10. The summed E-state index contributed by atoms with van der Waals surface area (Å²) in [4.78, 5) is 28.6. The van der Waals surface area contributed by atoms with Crippen molar-refractivity contribution in [1.82, 2.24) is 10.2 Å². The number of anilines is 1. The van der Waals surface area contributed by atoms with Gasteiger partial charge < -0.3 is 19.9 Å². The first kappa shape index (κ1) is 18.8. The van der Waals surface area contributed by atoms with Crippen LogP contribution in [0.2, 0.25) is 0 Å². The number of aryl methyl sites for hydroxylation is 1. The lowest BCUT2D eigenvalue weighted by molar-refractivity contribution is -0.130. The van der Waals surface area contributed by atoms with Crippen LogP contribution in [-0.2, 0) is 4.79 Å². The highest BCUT2D eigenvalue weighted by molar-refractivity contribution is 5.96. The van der Waals surface area contributed by atoms with Gasteiger partial charge in [-0.15, -0.1) is 0 Å². The van der Waals surface area contributed by atoms with Crippen LogP contribution in [0.15, 0.2) is 48.5 Å². The van der Waals surface area contributed by atoms with E-state index in [0.29, 0.717) is 18.7 Å². The molecule has 0 unspecified atom stereocenters. The minimum absolute atomic E-state index is 0.0197. The third-order valence-electron chi connectivity index (χ3n) is 4.76. The number of rotatable bonds is 5. The number of methoxy groups -OCH3 is 1. The molecule has 2 amide bonds. The van der Waals surface area contributed by atoms with Crippen molar-refractivity contribution in [2.24, 2.45) is 0 Å². The topological polar surface area (TPSA) is 61.9 Å². The first-order chi connectivity index (χ1) is 13.1. The first-order valence-corrected chi connectivity index (χ1v) is 9.08. The molecule has 1 aliphatic rings. The quantitative estimate of drug-likeness (QED) is 0.879. The van der Waals surface area contributed by atoms with E-state index in [2.05, 4.69) is 10.2 Å². The van der Waals surface area contributed by atoms with Gasteiger partial charge in [-0.1, -0.05) is 23.8 Å². The number of benzene rings is 2. The number of carbonyl (C=O) groups is 2. The first-order valence-electron chi connectivity index (χ1n) is 9.08. The summed E-state index contributed by atoms with van der Waals surface area (Å²) in [5.41, 5.74) is 2.75. The maximum atomic E-state index is 12.4. The Kier molecular flexibility index (Phi) is 5.96. The highest BCUT2D eigenvalue weighted by Gasteiger charge is 2.21. The van der Waals surface area contributed by atoms with E-state index in [1.165, 1.54) is 0 Å². The minimum atomic E-state index is -0.224. The van der Waals surface area contributed by atoms with Crippen LogP contribution in [0.4, 0.5) is 5.69 Å². The number of amides is 2. The second-order valence-corrected chi connectivity index (χ2v) is 6.62. The molecule has 1 N–H and O–H groups in total. The highest BCUT2D eigenvalue weighted by atomic mass is 16.5. The monoisotopic (exact) mass is 367 g/mol. The summed E-state index contributed by atoms with van der Waals surface area (Å²) in [7, 11) is 1.65. The molecule has 6 nitrogen and oxygen atoms in total. The second-order valence-electron chi connectivity index (χ2n) is 6.62. The van der Waals surface area contributed by atoms with Crippen LogP contribution in [0, 0.1) is 6.92 Å². The Morgan fingerprint density at radius 1 is 1.04 bits per heavy atom. The molecule has 0 atom stereocenters. The summed E-state index contributed by atoms with van der Waals surface area (Å²) < 4.78 is 5.27. The molecule has 2 aromatic carbocycles. The van der Waals surface area contributed by atoms with E-state index in [4.69, 9.17) is 4.74 Å². The molecule has 3 rings (SSSR count). The van der Waals surface area contributed by atoms with Gasteiger partial charge in [0.05, 0.1) is 13.7 Å². The zero-order valence-corrected chi connectivity index (χ0v) is 15.8. The minimum Gasteiger partial charge on any atom is -0.497 e. The van der Waals surface area contributed by atoms with E-state index in [9.17, 15) is 9.59 Å². The number of hydrogen-bond donors (Lipinski definition) is 1. The number of nitrogens with zero attached hydrogens (tertiary/aromatic N) is 2. The number of ether oxygens (including phenoxy) is 1. The van der Waals surface area contributed by atoms with Crippen molar-refractivity contribution >= 4 is 17.5 Å². The molecule has 0 spiro atoms. The van der Waals surface area contributed by atoms with Crippen molar-refractivity contribution in [2.45, 2.75) is 6.92 Å². The molecule has 0 aromatic heterocycles. The predicted molar refractivity (Wildman–Crippen MR) is 105 cm³/mol. The Morgan fingerprint density at radius 3 is 2.41 bits per heavy atom. The molecule has 1 fully saturated rings. The van der Waals surface area contributed by atoms with E-state index < -0.39 is 0 Å². The van der Waals surface area contributed by atoms with Crippen LogP contribution in [0.3, 0.4) is 0 Å². The molecular weight excluding hydrogens is 342 g/mol. The standard InChI is InChI=1S/C21H25N3O3/c1-16-6-8-17(9-7-16)21(26)22-15-20(25)24-12-10-23(11-13-24)18-4-3-5-19(14-18)27-2/h3-9,14H,10-13,15H2,1-2H3,(H,22,26). The molecule has 1 aliphatic heterocycles. The van der Waals surface area contributed by atoms with Gasteiger partial charge in [-0.3, -0.25) is 9.59 Å². The van der Waals surface area contributed by atoms with Crippen LogP contribution in [0.5, 0.6) is 5.75 Å². The molecule has 0 bridgehead atoms. The molecule has 0 radical (unpaired) electrons. The number of hydrogen-bond acceptors (Lipinski definition) is 4. The van der Waals surface area contributed by atoms with Gasteiger partial charge in [0.2, 0.25) is 5.91 Å². The van der Waals surface area contributed by atoms with Crippen molar-refractivity contribution in [3.8, 4) is 5.75 Å². The van der Waals surface area contributed by atoms with Gasteiger partial charge in [-0.2, -0.15) is 0 Å². The van der Waals surface area contributed by atoms with Crippen molar-refractivity contribution < 1.29 is 14.3 Å². The molecule has 27 heavy (non-hydrogen) atoms. The second kappa shape index (κ2) is 8.58. The molecule has 142 valence electrons. The van der Waals surface area contributed by atoms with E-state index in [0.717, 1.165) is 30.1 Å². The Hall–Kier alpha value is -3.02. The van der Waals surface area contributed by atoms with Crippen molar-refractivity contribution in [1.29, 1.82) is 0 Å². The zero-order chi connectivity index (χ0) is 19.2. The van der Waals surface area contributed by atoms with Crippen molar-refractivity contribution in [3.63, 3.8) is 0 Å². The van der Waals surface area contributed by atoms with Gasteiger partial charge in [0.15, 0.2) is 0 Å². The molecular formula is C21H25N3O3. The van der Waals surface area contributed by atoms with Crippen LogP contribution >= 0.6 is 0 Å². The van der Waals surface area contributed by atoms with Crippen LogP contribution in [0.25, 0.3) is 0 Å². The van der Waals surface area contributed by atoms with E-state index in [1.54, 1.807) is 24.1 Å². The summed E-state index contributed by atoms with van der Waals surface area (Å²) in [6, 6.07) is 15.2. The average Bonchev–Trinajstić information content (AvgIpc) is 2.72. The van der Waals surface area contributed by atoms with E-state index >= 15 is 0 Å².